The molecule has 1 heterocycles. The SMILES string of the molecule is CC(C)c1cc(C(=O)NCCCn2ccnc2)c(O)c(C(C)C)c1. The maximum absolute atomic E-state index is 12.5. The first kappa shape index (κ1) is 18.0. The maximum atomic E-state index is 12.5. The molecule has 0 unspecified atom stereocenters. The number of hydrogen-bond donors (Lipinski definition) is 2. The van der Waals surface area contributed by atoms with Gasteiger partial charge in [-0.05, 0) is 35.4 Å². The van der Waals surface area contributed by atoms with Gasteiger partial charge in [-0.15, -0.1) is 0 Å². The predicted octanol–water partition coefficient (Wildman–Crippen LogP) is 3.66. The summed E-state index contributed by atoms with van der Waals surface area (Å²) in [6.45, 7) is 9.57. The minimum atomic E-state index is -0.220. The number of phenols is 1. The second-order valence-electron chi connectivity index (χ2n) is 6.73. The second kappa shape index (κ2) is 7.99. The van der Waals surface area contributed by atoms with E-state index in [0.717, 1.165) is 24.1 Å². The van der Waals surface area contributed by atoms with Gasteiger partial charge in [0, 0.05) is 25.5 Å². The third kappa shape index (κ3) is 4.37. The summed E-state index contributed by atoms with van der Waals surface area (Å²) in [4.78, 5) is 16.5. The fourth-order valence-corrected chi connectivity index (χ4v) is 2.60. The largest absolute Gasteiger partial charge is 0.507 e. The van der Waals surface area contributed by atoms with Crippen LogP contribution in [0.1, 0.15) is 67.4 Å². The number of hydrogen-bond acceptors (Lipinski definition) is 3. The van der Waals surface area contributed by atoms with E-state index in [0.29, 0.717) is 18.0 Å². The van der Waals surface area contributed by atoms with Crippen LogP contribution in [0.4, 0.5) is 0 Å². The summed E-state index contributed by atoms with van der Waals surface area (Å²) < 4.78 is 1.97. The zero-order chi connectivity index (χ0) is 17.7. The smallest absolute Gasteiger partial charge is 0.255 e. The molecule has 0 radical (unpaired) electrons. The number of nitrogens with zero attached hydrogens (tertiary/aromatic N) is 2. The summed E-state index contributed by atoms with van der Waals surface area (Å²) >= 11 is 0. The van der Waals surface area contributed by atoms with E-state index in [4.69, 9.17) is 0 Å². The number of amides is 1. The average Bonchev–Trinajstić information content (AvgIpc) is 3.04. The molecule has 0 fully saturated rings. The standard InChI is InChI=1S/C19H27N3O2/c1-13(2)15-10-16(14(3)4)18(23)17(11-15)19(24)21-6-5-8-22-9-7-20-12-22/h7,9-14,23H,5-6,8H2,1-4H3,(H,21,24). The van der Waals surface area contributed by atoms with Gasteiger partial charge in [0.2, 0.25) is 0 Å². The Bertz CT molecular complexity index is 676. The Kier molecular flexibility index (Phi) is 6.01. The minimum Gasteiger partial charge on any atom is -0.507 e. The molecule has 24 heavy (non-hydrogen) atoms. The normalized spacial score (nSPS) is 11.2. The van der Waals surface area contributed by atoms with E-state index in [1.165, 1.54) is 0 Å². The molecule has 0 aliphatic heterocycles. The van der Waals surface area contributed by atoms with Crippen LogP contribution in [0.25, 0.3) is 0 Å². The van der Waals surface area contributed by atoms with Crippen LogP contribution in [0.15, 0.2) is 30.9 Å². The van der Waals surface area contributed by atoms with E-state index in [1.54, 1.807) is 18.6 Å². The number of aromatic nitrogens is 2. The molecule has 2 N–H and O–H groups in total. The number of phenolic OH excluding ortho intramolecular Hbond substituents is 1. The van der Waals surface area contributed by atoms with Crippen LogP contribution in [0, 0.1) is 0 Å². The Hall–Kier alpha value is -2.30. The van der Waals surface area contributed by atoms with Crippen LogP contribution in [-0.2, 0) is 6.54 Å². The van der Waals surface area contributed by atoms with Crippen LogP contribution >= 0.6 is 0 Å². The van der Waals surface area contributed by atoms with Crippen LogP contribution in [0.2, 0.25) is 0 Å². The van der Waals surface area contributed by atoms with Gasteiger partial charge >= 0.3 is 0 Å². The van der Waals surface area contributed by atoms with Gasteiger partial charge in [0.15, 0.2) is 0 Å². The molecule has 0 spiro atoms. The first-order valence-corrected chi connectivity index (χ1v) is 8.51. The van der Waals surface area contributed by atoms with Gasteiger partial charge in [0.1, 0.15) is 5.75 Å². The highest BCUT2D eigenvalue weighted by Crippen LogP contribution is 2.32. The molecule has 0 aliphatic carbocycles. The number of carbonyl (C=O) groups excluding carboxylic acids is 1. The highest BCUT2D eigenvalue weighted by Gasteiger charge is 2.18. The molecule has 2 rings (SSSR count). The Labute approximate surface area is 143 Å². The van der Waals surface area contributed by atoms with Crippen molar-refractivity contribution in [3.05, 3.63) is 47.5 Å². The number of carbonyl (C=O) groups is 1. The molecule has 1 aromatic carbocycles. The monoisotopic (exact) mass is 329 g/mol. The van der Waals surface area contributed by atoms with Crippen LogP contribution < -0.4 is 5.32 Å². The van der Waals surface area contributed by atoms with E-state index in [2.05, 4.69) is 24.1 Å². The van der Waals surface area contributed by atoms with Gasteiger partial charge in [-0.1, -0.05) is 33.8 Å². The highest BCUT2D eigenvalue weighted by molar-refractivity contribution is 5.97. The van der Waals surface area contributed by atoms with E-state index >= 15 is 0 Å². The van der Waals surface area contributed by atoms with Crippen molar-refractivity contribution in [2.45, 2.75) is 52.5 Å². The van der Waals surface area contributed by atoms with E-state index < -0.39 is 0 Å². The number of aromatic hydroxyl groups is 1. The Morgan fingerprint density at radius 1 is 1.25 bits per heavy atom. The molecule has 0 atom stereocenters. The molecular weight excluding hydrogens is 302 g/mol. The molecule has 130 valence electrons. The summed E-state index contributed by atoms with van der Waals surface area (Å²) in [6, 6.07) is 3.80. The van der Waals surface area contributed by atoms with Crippen molar-refractivity contribution in [2.24, 2.45) is 0 Å². The number of benzene rings is 1. The third-order valence-electron chi connectivity index (χ3n) is 4.13. The lowest BCUT2D eigenvalue weighted by Crippen LogP contribution is -2.25. The highest BCUT2D eigenvalue weighted by atomic mass is 16.3. The lowest BCUT2D eigenvalue weighted by molar-refractivity contribution is 0.0949. The van der Waals surface area contributed by atoms with Crippen molar-refractivity contribution >= 4 is 5.91 Å². The molecule has 1 amide bonds. The van der Waals surface area contributed by atoms with Gasteiger partial charge in [0.25, 0.3) is 5.91 Å². The van der Waals surface area contributed by atoms with Gasteiger partial charge in [0.05, 0.1) is 11.9 Å². The van der Waals surface area contributed by atoms with Gasteiger partial charge in [-0.2, -0.15) is 0 Å². The quantitative estimate of drug-likeness (QED) is 0.762. The van der Waals surface area contributed by atoms with E-state index in [9.17, 15) is 9.90 Å². The van der Waals surface area contributed by atoms with Crippen molar-refractivity contribution in [1.29, 1.82) is 0 Å². The maximum Gasteiger partial charge on any atom is 0.255 e. The summed E-state index contributed by atoms with van der Waals surface area (Å²) in [5.74, 6) is 0.344. The van der Waals surface area contributed by atoms with Crippen molar-refractivity contribution in [1.82, 2.24) is 14.9 Å². The van der Waals surface area contributed by atoms with Gasteiger partial charge in [-0.25, -0.2) is 4.98 Å². The minimum absolute atomic E-state index is 0.0986. The van der Waals surface area contributed by atoms with Crippen molar-refractivity contribution in [3.8, 4) is 5.75 Å². The van der Waals surface area contributed by atoms with Crippen molar-refractivity contribution in [3.63, 3.8) is 0 Å². The number of nitrogens with one attached hydrogen (secondary N) is 1. The lowest BCUT2D eigenvalue weighted by atomic mass is 9.91. The molecule has 5 heteroatoms. The average molecular weight is 329 g/mol. The number of rotatable bonds is 7. The van der Waals surface area contributed by atoms with Crippen molar-refractivity contribution < 1.29 is 9.90 Å². The number of aryl methyl sites for hydroxylation is 1. The third-order valence-corrected chi connectivity index (χ3v) is 4.13. The topological polar surface area (TPSA) is 67.2 Å². The first-order chi connectivity index (χ1) is 11.4. The molecule has 0 bridgehead atoms. The Morgan fingerprint density at radius 3 is 2.58 bits per heavy atom. The lowest BCUT2D eigenvalue weighted by Gasteiger charge is -2.17. The van der Waals surface area contributed by atoms with E-state index in [1.807, 2.05) is 30.7 Å². The predicted molar refractivity (Wildman–Crippen MR) is 95.5 cm³/mol. The molecule has 0 saturated carbocycles. The van der Waals surface area contributed by atoms with Gasteiger partial charge in [-0.3, -0.25) is 4.79 Å². The van der Waals surface area contributed by atoms with Crippen LogP contribution in [-0.4, -0.2) is 27.1 Å². The summed E-state index contributed by atoms with van der Waals surface area (Å²) in [5.41, 5.74) is 2.26. The fourth-order valence-electron chi connectivity index (χ4n) is 2.60. The zero-order valence-electron chi connectivity index (χ0n) is 14.9. The Balaban J connectivity index is 2.07. The fraction of sp³-hybridized carbons (Fsp3) is 0.474. The molecule has 0 saturated heterocycles. The van der Waals surface area contributed by atoms with Crippen molar-refractivity contribution in [2.75, 3.05) is 6.54 Å². The Morgan fingerprint density at radius 2 is 2.00 bits per heavy atom. The van der Waals surface area contributed by atoms with Crippen LogP contribution in [0.3, 0.4) is 0 Å². The summed E-state index contributed by atoms with van der Waals surface area (Å²) in [5, 5.41) is 13.4. The van der Waals surface area contributed by atoms with E-state index in [-0.39, 0.29) is 17.6 Å². The first-order valence-electron chi connectivity index (χ1n) is 8.51. The molecule has 1 aromatic heterocycles. The molecular formula is C19H27N3O2. The zero-order valence-corrected chi connectivity index (χ0v) is 14.9. The molecule has 2 aromatic rings. The number of imidazole rings is 1. The molecule has 5 nitrogen and oxygen atoms in total. The van der Waals surface area contributed by atoms with Crippen LogP contribution in [0.5, 0.6) is 5.75 Å². The summed E-state index contributed by atoms with van der Waals surface area (Å²) in [7, 11) is 0. The second-order valence-corrected chi connectivity index (χ2v) is 6.73. The molecule has 0 aliphatic rings. The summed E-state index contributed by atoms with van der Waals surface area (Å²) in [6.07, 6.45) is 6.20. The van der Waals surface area contributed by atoms with Gasteiger partial charge < -0.3 is 15.0 Å².